The zero-order valence-electron chi connectivity index (χ0n) is 9.91. The molecule has 2 heterocycles. The van der Waals surface area contributed by atoms with Crippen molar-refractivity contribution in [2.45, 2.75) is 25.8 Å². The fourth-order valence-electron chi connectivity index (χ4n) is 2.09. The van der Waals surface area contributed by atoms with Gasteiger partial charge in [-0.05, 0) is 60.2 Å². The van der Waals surface area contributed by atoms with Crippen LogP contribution >= 0.6 is 27.3 Å². The van der Waals surface area contributed by atoms with Crippen LogP contribution in [0.3, 0.4) is 0 Å². The number of nitrogens with zero attached hydrogens (tertiary/aromatic N) is 1. The molecule has 1 amide bonds. The van der Waals surface area contributed by atoms with Crippen molar-refractivity contribution in [2.75, 3.05) is 19.6 Å². The van der Waals surface area contributed by atoms with Crippen LogP contribution in [0.15, 0.2) is 15.9 Å². The zero-order chi connectivity index (χ0) is 12.3. The molecule has 0 aromatic carbocycles. The van der Waals surface area contributed by atoms with E-state index in [0.29, 0.717) is 6.04 Å². The van der Waals surface area contributed by atoms with Crippen LogP contribution in [0, 0.1) is 0 Å². The molecule has 0 spiro atoms. The van der Waals surface area contributed by atoms with Gasteiger partial charge < -0.3 is 5.32 Å². The fourth-order valence-corrected chi connectivity index (χ4v) is 3.56. The van der Waals surface area contributed by atoms with Gasteiger partial charge in [0.05, 0.1) is 0 Å². The highest BCUT2D eigenvalue weighted by molar-refractivity contribution is 9.10. The molecule has 2 rings (SSSR count). The first-order valence-corrected chi connectivity index (χ1v) is 7.61. The lowest BCUT2D eigenvalue weighted by Crippen LogP contribution is -2.40. The van der Waals surface area contributed by atoms with Crippen LogP contribution in [0.1, 0.15) is 29.4 Å². The van der Waals surface area contributed by atoms with Gasteiger partial charge in [0, 0.05) is 17.1 Å². The molecule has 1 unspecified atom stereocenters. The number of likely N-dealkylation sites (tertiary alicyclic amines) is 1. The molecular weight excluding hydrogens is 300 g/mol. The molecule has 1 aliphatic heterocycles. The van der Waals surface area contributed by atoms with E-state index in [9.17, 15) is 4.79 Å². The number of rotatable bonds is 4. The van der Waals surface area contributed by atoms with Crippen molar-refractivity contribution < 1.29 is 4.79 Å². The Morgan fingerprint density at radius 1 is 1.59 bits per heavy atom. The number of nitrogens with one attached hydrogen (secondary N) is 1. The molecule has 0 saturated carbocycles. The molecule has 94 valence electrons. The van der Waals surface area contributed by atoms with Crippen molar-refractivity contribution in [1.29, 1.82) is 0 Å². The van der Waals surface area contributed by atoms with Crippen molar-refractivity contribution in [1.82, 2.24) is 10.2 Å². The summed E-state index contributed by atoms with van der Waals surface area (Å²) >= 11 is 4.85. The van der Waals surface area contributed by atoms with Gasteiger partial charge in [0.2, 0.25) is 0 Å². The number of halogens is 1. The van der Waals surface area contributed by atoms with Gasteiger partial charge in [-0.1, -0.05) is 0 Å². The predicted octanol–water partition coefficient (Wildman–Crippen LogP) is 2.72. The highest BCUT2D eigenvalue weighted by atomic mass is 79.9. The van der Waals surface area contributed by atoms with Crippen LogP contribution in [0.2, 0.25) is 0 Å². The van der Waals surface area contributed by atoms with E-state index in [1.165, 1.54) is 37.3 Å². The van der Waals surface area contributed by atoms with E-state index in [1.807, 2.05) is 11.4 Å². The minimum Gasteiger partial charge on any atom is -0.350 e. The predicted molar refractivity (Wildman–Crippen MR) is 74.6 cm³/mol. The smallest absolute Gasteiger partial charge is 0.262 e. The van der Waals surface area contributed by atoms with Gasteiger partial charge >= 0.3 is 0 Å². The van der Waals surface area contributed by atoms with E-state index in [1.54, 1.807) is 0 Å². The number of thiophene rings is 1. The minimum atomic E-state index is 0.0259. The van der Waals surface area contributed by atoms with E-state index in [-0.39, 0.29) is 5.91 Å². The Bertz CT molecular complexity index is 388. The van der Waals surface area contributed by atoms with E-state index >= 15 is 0 Å². The van der Waals surface area contributed by atoms with Gasteiger partial charge in [0.15, 0.2) is 0 Å². The highest BCUT2D eigenvalue weighted by Crippen LogP contribution is 2.22. The Morgan fingerprint density at radius 3 is 2.88 bits per heavy atom. The molecule has 1 atom stereocenters. The Labute approximate surface area is 114 Å². The van der Waals surface area contributed by atoms with E-state index in [4.69, 9.17) is 0 Å². The van der Waals surface area contributed by atoms with Gasteiger partial charge in [-0.25, -0.2) is 0 Å². The van der Waals surface area contributed by atoms with Crippen LogP contribution in [0.5, 0.6) is 0 Å². The third kappa shape index (κ3) is 3.30. The molecule has 1 N–H and O–H groups in total. The monoisotopic (exact) mass is 316 g/mol. The first-order chi connectivity index (χ1) is 8.18. The highest BCUT2D eigenvalue weighted by Gasteiger charge is 2.19. The molecule has 0 aliphatic carbocycles. The van der Waals surface area contributed by atoms with Crippen LogP contribution in [-0.2, 0) is 0 Å². The Kier molecular flexibility index (Phi) is 4.59. The standard InChI is InChI=1S/C12H17BrN2OS/c1-9(15-5-2-3-6-15)8-14-12(16)11-10(13)4-7-17-11/h4,7,9H,2-3,5-6,8H2,1H3,(H,14,16). The SMILES string of the molecule is CC(CNC(=O)c1sccc1Br)N1CCCC1. The number of carbonyl (C=O) groups is 1. The first-order valence-electron chi connectivity index (χ1n) is 5.93. The number of carbonyl (C=O) groups excluding carboxylic acids is 1. The second-order valence-corrected chi connectivity index (χ2v) is 6.17. The lowest BCUT2D eigenvalue weighted by molar-refractivity contribution is 0.0944. The average molecular weight is 317 g/mol. The van der Waals surface area contributed by atoms with Crippen molar-refractivity contribution in [3.63, 3.8) is 0 Å². The Morgan fingerprint density at radius 2 is 2.29 bits per heavy atom. The number of amides is 1. The number of hydrogen-bond acceptors (Lipinski definition) is 3. The van der Waals surface area contributed by atoms with Crippen LogP contribution < -0.4 is 5.32 Å². The maximum atomic E-state index is 11.9. The van der Waals surface area contributed by atoms with Gasteiger partial charge in [-0.2, -0.15) is 0 Å². The second kappa shape index (κ2) is 5.98. The van der Waals surface area contributed by atoms with E-state index in [2.05, 4.69) is 33.1 Å². The van der Waals surface area contributed by atoms with Crippen molar-refractivity contribution in [2.24, 2.45) is 0 Å². The normalized spacial score (nSPS) is 18.2. The Hall–Kier alpha value is -0.390. The lowest BCUT2D eigenvalue weighted by atomic mass is 10.3. The summed E-state index contributed by atoms with van der Waals surface area (Å²) in [4.78, 5) is 15.1. The van der Waals surface area contributed by atoms with Gasteiger partial charge in [0.1, 0.15) is 4.88 Å². The first kappa shape index (κ1) is 13.1. The average Bonchev–Trinajstić information content (AvgIpc) is 2.95. The summed E-state index contributed by atoms with van der Waals surface area (Å²) in [7, 11) is 0. The van der Waals surface area contributed by atoms with E-state index in [0.717, 1.165) is 15.9 Å². The summed E-state index contributed by atoms with van der Waals surface area (Å²) in [5.74, 6) is 0.0259. The Balaban J connectivity index is 1.82. The van der Waals surface area contributed by atoms with Crippen LogP contribution in [0.25, 0.3) is 0 Å². The zero-order valence-corrected chi connectivity index (χ0v) is 12.3. The molecule has 17 heavy (non-hydrogen) atoms. The molecule has 1 aromatic heterocycles. The van der Waals surface area contributed by atoms with Crippen LogP contribution in [0.4, 0.5) is 0 Å². The lowest BCUT2D eigenvalue weighted by Gasteiger charge is -2.23. The molecule has 5 heteroatoms. The molecule has 1 fully saturated rings. The van der Waals surface area contributed by atoms with Crippen molar-refractivity contribution >= 4 is 33.2 Å². The quantitative estimate of drug-likeness (QED) is 0.926. The van der Waals surface area contributed by atoms with Crippen molar-refractivity contribution in [3.05, 3.63) is 20.8 Å². The second-order valence-electron chi connectivity index (χ2n) is 4.40. The minimum absolute atomic E-state index is 0.0259. The van der Waals surface area contributed by atoms with Gasteiger partial charge in [-0.15, -0.1) is 11.3 Å². The van der Waals surface area contributed by atoms with Crippen LogP contribution in [-0.4, -0.2) is 36.5 Å². The molecule has 1 aliphatic rings. The van der Waals surface area contributed by atoms with Gasteiger partial charge in [0.25, 0.3) is 5.91 Å². The summed E-state index contributed by atoms with van der Waals surface area (Å²) in [6.07, 6.45) is 2.57. The summed E-state index contributed by atoms with van der Waals surface area (Å²) in [5.41, 5.74) is 0. The molecule has 0 bridgehead atoms. The molecule has 0 radical (unpaired) electrons. The maximum absolute atomic E-state index is 11.9. The molecular formula is C12H17BrN2OS. The summed E-state index contributed by atoms with van der Waals surface area (Å²) in [6.45, 7) is 5.23. The summed E-state index contributed by atoms with van der Waals surface area (Å²) < 4.78 is 0.883. The van der Waals surface area contributed by atoms with Crippen molar-refractivity contribution in [3.8, 4) is 0 Å². The molecule has 3 nitrogen and oxygen atoms in total. The summed E-state index contributed by atoms with van der Waals surface area (Å²) in [6, 6.07) is 2.34. The largest absolute Gasteiger partial charge is 0.350 e. The molecule has 1 saturated heterocycles. The van der Waals surface area contributed by atoms with Gasteiger partial charge in [-0.3, -0.25) is 9.69 Å². The maximum Gasteiger partial charge on any atom is 0.262 e. The summed E-state index contributed by atoms with van der Waals surface area (Å²) in [5, 5.41) is 4.92. The fraction of sp³-hybridized carbons (Fsp3) is 0.583. The van der Waals surface area contributed by atoms with E-state index < -0.39 is 0 Å². The topological polar surface area (TPSA) is 32.3 Å². The number of hydrogen-bond donors (Lipinski definition) is 1. The third-order valence-corrected chi connectivity index (χ3v) is 4.98. The molecule has 1 aromatic rings. The third-order valence-electron chi connectivity index (χ3n) is 3.15.